The van der Waals surface area contributed by atoms with E-state index in [2.05, 4.69) is 10.5 Å². The minimum atomic E-state index is -0.575. The van der Waals surface area contributed by atoms with Gasteiger partial charge in [-0.3, -0.25) is 14.9 Å². The Kier molecular flexibility index (Phi) is 7.32. The Morgan fingerprint density at radius 1 is 1.18 bits per heavy atom. The van der Waals surface area contributed by atoms with Gasteiger partial charge in [0.15, 0.2) is 18.1 Å². The molecule has 1 N–H and O–H groups in total. The maximum atomic E-state index is 11.8. The molecule has 2 aromatic carbocycles. The number of aryl methyl sites for hydroxylation is 1. The van der Waals surface area contributed by atoms with Gasteiger partial charge in [-0.25, -0.2) is 5.43 Å². The van der Waals surface area contributed by atoms with E-state index in [-0.39, 0.29) is 23.6 Å². The molecule has 9 heteroatoms. The van der Waals surface area contributed by atoms with E-state index >= 15 is 0 Å². The SMILES string of the molecule is CCc1ccc(OCC(=O)N/N=C\c2cc(OC)c(OC)cc2[N+](=O)[O-])cc1. The van der Waals surface area contributed by atoms with Gasteiger partial charge in [0.05, 0.1) is 37.0 Å². The first-order valence-electron chi connectivity index (χ1n) is 8.42. The largest absolute Gasteiger partial charge is 0.493 e. The van der Waals surface area contributed by atoms with Gasteiger partial charge in [-0.05, 0) is 30.2 Å². The highest BCUT2D eigenvalue weighted by Gasteiger charge is 2.18. The first-order valence-corrected chi connectivity index (χ1v) is 8.42. The topological polar surface area (TPSA) is 112 Å². The van der Waals surface area contributed by atoms with Crippen LogP contribution in [0.15, 0.2) is 41.5 Å². The summed E-state index contributed by atoms with van der Waals surface area (Å²) in [5.41, 5.74) is 3.35. The highest BCUT2D eigenvalue weighted by atomic mass is 16.6. The molecule has 0 radical (unpaired) electrons. The van der Waals surface area contributed by atoms with E-state index in [1.54, 1.807) is 12.1 Å². The normalized spacial score (nSPS) is 10.5. The summed E-state index contributed by atoms with van der Waals surface area (Å²) in [7, 11) is 2.79. The van der Waals surface area contributed by atoms with Crippen molar-refractivity contribution in [3.05, 3.63) is 57.6 Å². The van der Waals surface area contributed by atoms with Gasteiger partial charge in [-0.15, -0.1) is 0 Å². The third-order valence-corrected chi connectivity index (χ3v) is 3.82. The maximum absolute atomic E-state index is 11.8. The molecule has 0 atom stereocenters. The molecule has 2 rings (SSSR count). The smallest absolute Gasteiger partial charge is 0.282 e. The third-order valence-electron chi connectivity index (χ3n) is 3.82. The Morgan fingerprint density at radius 3 is 2.39 bits per heavy atom. The predicted octanol–water partition coefficient (Wildman–Crippen LogP) is 2.70. The monoisotopic (exact) mass is 387 g/mol. The fourth-order valence-electron chi connectivity index (χ4n) is 2.32. The van der Waals surface area contributed by atoms with Crippen molar-refractivity contribution >= 4 is 17.8 Å². The Hall–Kier alpha value is -3.62. The van der Waals surface area contributed by atoms with Crippen LogP contribution >= 0.6 is 0 Å². The molecule has 0 aliphatic carbocycles. The van der Waals surface area contributed by atoms with E-state index in [9.17, 15) is 14.9 Å². The lowest BCUT2D eigenvalue weighted by Crippen LogP contribution is -2.24. The molecule has 9 nitrogen and oxygen atoms in total. The molecule has 148 valence electrons. The summed E-state index contributed by atoms with van der Waals surface area (Å²) in [6, 6.07) is 10.0. The predicted molar refractivity (Wildman–Crippen MR) is 103 cm³/mol. The van der Waals surface area contributed by atoms with Crippen molar-refractivity contribution in [1.82, 2.24) is 5.43 Å². The van der Waals surface area contributed by atoms with Crippen molar-refractivity contribution < 1.29 is 23.9 Å². The van der Waals surface area contributed by atoms with Crippen LogP contribution in [0.25, 0.3) is 0 Å². The zero-order valence-electron chi connectivity index (χ0n) is 15.8. The summed E-state index contributed by atoms with van der Waals surface area (Å²) in [5, 5.41) is 15.0. The molecule has 0 fully saturated rings. The molecule has 0 aliphatic rings. The number of nitrogens with one attached hydrogen (secondary N) is 1. The number of hydrazone groups is 1. The van der Waals surface area contributed by atoms with Gasteiger partial charge in [-0.2, -0.15) is 5.10 Å². The standard InChI is InChI=1S/C19H21N3O6/c1-4-13-5-7-15(8-6-13)28-12-19(23)21-20-11-14-9-17(26-2)18(27-3)10-16(14)22(24)25/h5-11H,4,12H2,1-3H3,(H,21,23)/b20-11-. The molecular weight excluding hydrogens is 366 g/mol. The minimum absolute atomic E-state index is 0.152. The number of amides is 1. The van der Waals surface area contributed by atoms with Crippen LogP contribution in [0.4, 0.5) is 5.69 Å². The molecule has 0 unspecified atom stereocenters. The van der Waals surface area contributed by atoms with E-state index in [1.807, 2.05) is 19.1 Å². The average Bonchev–Trinajstić information content (AvgIpc) is 2.71. The van der Waals surface area contributed by atoms with Crippen molar-refractivity contribution in [3.8, 4) is 17.2 Å². The summed E-state index contributed by atoms with van der Waals surface area (Å²) < 4.78 is 15.5. The second kappa shape index (κ2) is 9.91. The van der Waals surface area contributed by atoms with Crippen molar-refractivity contribution in [2.45, 2.75) is 13.3 Å². The zero-order chi connectivity index (χ0) is 20.5. The van der Waals surface area contributed by atoms with E-state index in [0.717, 1.165) is 18.2 Å². The Balaban J connectivity index is 2.00. The Morgan fingerprint density at radius 2 is 1.82 bits per heavy atom. The number of methoxy groups -OCH3 is 2. The first kappa shape index (κ1) is 20.7. The van der Waals surface area contributed by atoms with Crippen LogP contribution in [0, 0.1) is 10.1 Å². The van der Waals surface area contributed by atoms with Gasteiger partial charge >= 0.3 is 0 Å². The Labute approximate surface area is 162 Å². The van der Waals surface area contributed by atoms with Crippen LogP contribution < -0.4 is 19.6 Å². The lowest BCUT2D eigenvalue weighted by molar-refractivity contribution is -0.385. The maximum Gasteiger partial charge on any atom is 0.282 e. The molecule has 0 bridgehead atoms. The second-order valence-electron chi connectivity index (χ2n) is 5.60. The summed E-state index contributed by atoms with van der Waals surface area (Å²) in [5.74, 6) is 0.586. The molecular formula is C19H21N3O6. The fourth-order valence-corrected chi connectivity index (χ4v) is 2.32. The lowest BCUT2D eigenvalue weighted by Gasteiger charge is -2.08. The quantitative estimate of drug-likeness (QED) is 0.402. The van der Waals surface area contributed by atoms with Crippen LogP contribution in [-0.2, 0) is 11.2 Å². The van der Waals surface area contributed by atoms with Crippen molar-refractivity contribution in [2.24, 2.45) is 5.10 Å². The zero-order valence-corrected chi connectivity index (χ0v) is 15.8. The first-order chi connectivity index (χ1) is 13.5. The number of benzene rings is 2. The molecule has 0 heterocycles. The van der Waals surface area contributed by atoms with Gasteiger partial charge in [0.2, 0.25) is 0 Å². The highest BCUT2D eigenvalue weighted by molar-refractivity contribution is 5.88. The van der Waals surface area contributed by atoms with Crippen LogP contribution in [-0.4, -0.2) is 37.9 Å². The van der Waals surface area contributed by atoms with Crippen molar-refractivity contribution in [2.75, 3.05) is 20.8 Å². The summed E-state index contributed by atoms with van der Waals surface area (Å²) in [6.07, 6.45) is 2.08. The van der Waals surface area contributed by atoms with Crippen molar-refractivity contribution in [3.63, 3.8) is 0 Å². The second-order valence-corrected chi connectivity index (χ2v) is 5.60. The fraction of sp³-hybridized carbons (Fsp3) is 0.263. The molecule has 0 aromatic heterocycles. The van der Waals surface area contributed by atoms with Gasteiger partial charge < -0.3 is 14.2 Å². The van der Waals surface area contributed by atoms with Gasteiger partial charge in [-0.1, -0.05) is 19.1 Å². The average molecular weight is 387 g/mol. The van der Waals surface area contributed by atoms with E-state index in [1.165, 1.54) is 26.4 Å². The number of carbonyl (C=O) groups excluding carboxylic acids is 1. The molecule has 0 aliphatic heterocycles. The number of rotatable bonds is 9. The van der Waals surface area contributed by atoms with Crippen LogP contribution in [0.3, 0.4) is 0 Å². The Bertz CT molecular complexity index is 865. The van der Waals surface area contributed by atoms with E-state index in [4.69, 9.17) is 14.2 Å². The third kappa shape index (κ3) is 5.44. The van der Waals surface area contributed by atoms with Gasteiger partial charge in [0.1, 0.15) is 5.75 Å². The number of carbonyl (C=O) groups is 1. The molecule has 0 saturated carbocycles. The molecule has 0 saturated heterocycles. The number of nitrogens with zero attached hydrogens (tertiary/aromatic N) is 2. The number of ether oxygens (including phenoxy) is 3. The van der Waals surface area contributed by atoms with Crippen LogP contribution in [0.5, 0.6) is 17.2 Å². The minimum Gasteiger partial charge on any atom is -0.493 e. The number of hydrogen-bond donors (Lipinski definition) is 1. The van der Waals surface area contributed by atoms with E-state index < -0.39 is 10.8 Å². The summed E-state index contributed by atoms with van der Waals surface area (Å²) >= 11 is 0. The molecule has 1 amide bonds. The van der Waals surface area contributed by atoms with E-state index in [0.29, 0.717) is 11.5 Å². The highest BCUT2D eigenvalue weighted by Crippen LogP contribution is 2.33. The number of nitro benzene ring substituents is 1. The van der Waals surface area contributed by atoms with Crippen LogP contribution in [0.2, 0.25) is 0 Å². The number of nitro groups is 1. The summed E-state index contributed by atoms with van der Waals surface area (Å²) in [6.45, 7) is 1.81. The van der Waals surface area contributed by atoms with Gasteiger partial charge in [0.25, 0.3) is 11.6 Å². The molecule has 28 heavy (non-hydrogen) atoms. The molecule has 2 aromatic rings. The van der Waals surface area contributed by atoms with Crippen molar-refractivity contribution in [1.29, 1.82) is 0 Å². The lowest BCUT2D eigenvalue weighted by atomic mass is 10.1. The van der Waals surface area contributed by atoms with Gasteiger partial charge in [0, 0.05) is 0 Å². The molecule has 0 spiro atoms. The summed E-state index contributed by atoms with van der Waals surface area (Å²) in [4.78, 5) is 22.5. The van der Waals surface area contributed by atoms with Crippen LogP contribution in [0.1, 0.15) is 18.1 Å². The number of hydrogen-bond acceptors (Lipinski definition) is 7.